The van der Waals surface area contributed by atoms with E-state index in [2.05, 4.69) is 0 Å². The van der Waals surface area contributed by atoms with Gasteiger partial charge in [0, 0.05) is 16.1 Å². The van der Waals surface area contributed by atoms with Gasteiger partial charge in [-0.25, -0.2) is 17.6 Å². The Morgan fingerprint density at radius 2 is 1.02 bits per heavy atom. The summed E-state index contributed by atoms with van der Waals surface area (Å²) >= 11 is 5.90. The highest BCUT2D eigenvalue weighted by molar-refractivity contribution is 7.91. The second kappa shape index (κ2) is 10.3. The Hall–Kier alpha value is -4.79. The van der Waals surface area contributed by atoms with Crippen molar-refractivity contribution in [3.8, 4) is 11.4 Å². The van der Waals surface area contributed by atoms with Gasteiger partial charge in [0.15, 0.2) is 5.78 Å². The SMILES string of the molecule is O=C(c1ccc(F)cc1)c1ccc(-n2c(=O)n(-c3ccc(S(=O)(=O)c4ccc(Cl)cc4)cc3)c3ccccc32)cc1. The molecular formula is C32H20ClFN2O4S. The Morgan fingerprint density at radius 3 is 1.51 bits per heavy atom. The molecule has 0 radical (unpaired) electrons. The average Bonchev–Trinajstić information content (AvgIpc) is 3.29. The van der Waals surface area contributed by atoms with E-state index in [1.807, 2.05) is 18.2 Å². The Kier molecular flexibility index (Phi) is 6.65. The number of carbonyl (C=O) groups is 1. The van der Waals surface area contributed by atoms with Crippen LogP contribution in [-0.2, 0) is 9.84 Å². The number of hydrogen-bond acceptors (Lipinski definition) is 4. The average molecular weight is 583 g/mol. The molecule has 0 saturated heterocycles. The molecule has 6 rings (SSSR count). The summed E-state index contributed by atoms with van der Waals surface area (Å²) in [5.74, 6) is -0.689. The zero-order valence-corrected chi connectivity index (χ0v) is 22.8. The highest BCUT2D eigenvalue weighted by Gasteiger charge is 2.20. The van der Waals surface area contributed by atoms with Crippen molar-refractivity contribution >= 4 is 38.3 Å². The number of aromatic nitrogens is 2. The van der Waals surface area contributed by atoms with Crippen LogP contribution in [0.1, 0.15) is 15.9 Å². The molecule has 0 saturated carbocycles. The first kappa shape index (κ1) is 26.4. The van der Waals surface area contributed by atoms with E-state index < -0.39 is 15.7 Å². The molecule has 9 heteroatoms. The number of carbonyl (C=O) groups excluding carboxylic acids is 1. The topological polar surface area (TPSA) is 78.1 Å². The Balaban J connectivity index is 1.38. The van der Waals surface area contributed by atoms with Crippen LogP contribution in [0.5, 0.6) is 0 Å². The van der Waals surface area contributed by atoms with Crippen LogP contribution in [0.2, 0.25) is 5.02 Å². The third kappa shape index (κ3) is 4.77. The van der Waals surface area contributed by atoms with E-state index in [0.29, 0.717) is 38.6 Å². The number of sulfone groups is 1. The second-order valence-corrected chi connectivity index (χ2v) is 11.7. The Morgan fingerprint density at radius 1 is 0.610 bits per heavy atom. The van der Waals surface area contributed by atoms with Crippen molar-refractivity contribution in [2.24, 2.45) is 0 Å². The largest absolute Gasteiger partial charge is 0.338 e. The molecule has 0 N–H and O–H groups in total. The maximum atomic E-state index is 13.8. The molecular weight excluding hydrogens is 563 g/mol. The fourth-order valence-electron chi connectivity index (χ4n) is 4.70. The highest BCUT2D eigenvalue weighted by Crippen LogP contribution is 2.26. The quantitative estimate of drug-likeness (QED) is 0.206. The fourth-order valence-corrected chi connectivity index (χ4v) is 6.09. The highest BCUT2D eigenvalue weighted by atomic mass is 35.5. The first-order chi connectivity index (χ1) is 19.7. The number of nitrogens with zero attached hydrogens (tertiary/aromatic N) is 2. The van der Waals surface area contributed by atoms with Crippen molar-refractivity contribution in [3.63, 3.8) is 0 Å². The van der Waals surface area contributed by atoms with Gasteiger partial charge in [-0.1, -0.05) is 23.7 Å². The molecule has 41 heavy (non-hydrogen) atoms. The lowest BCUT2D eigenvalue weighted by atomic mass is 10.0. The minimum absolute atomic E-state index is 0.0850. The van der Waals surface area contributed by atoms with E-state index in [0.717, 1.165) is 0 Å². The van der Waals surface area contributed by atoms with Gasteiger partial charge in [0.1, 0.15) is 5.82 Å². The zero-order valence-electron chi connectivity index (χ0n) is 21.2. The van der Waals surface area contributed by atoms with Gasteiger partial charge < -0.3 is 0 Å². The molecule has 1 heterocycles. The summed E-state index contributed by atoms with van der Waals surface area (Å²) in [6.07, 6.45) is 0. The van der Waals surface area contributed by atoms with E-state index >= 15 is 0 Å². The van der Waals surface area contributed by atoms with Crippen LogP contribution in [0.3, 0.4) is 0 Å². The van der Waals surface area contributed by atoms with Gasteiger partial charge in [0.25, 0.3) is 0 Å². The zero-order chi connectivity index (χ0) is 28.7. The lowest BCUT2D eigenvalue weighted by Crippen LogP contribution is -2.22. The second-order valence-electron chi connectivity index (χ2n) is 9.28. The summed E-state index contributed by atoms with van der Waals surface area (Å²) in [5.41, 5.74) is 2.68. The third-order valence-electron chi connectivity index (χ3n) is 6.77. The molecule has 0 unspecified atom stereocenters. The van der Waals surface area contributed by atoms with Crippen LogP contribution >= 0.6 is 11.6 Å². The van der Waals surface area contributed by atoms with Crippen LogP contribution in [0.25, 0.3) is 22.4 Å². The van der Waals surface area contributed by atoms with Gasteiger partial charge in [-0.3, -0.25) is 13.9 Å². The summed E-state index contributed by atoms with van der Waals surface area (Å²) in [6, 6.07) is 31.2. The molecule has 0 fully saturated rings. The van der Waals surface area contributed by atoms with Crippen LogP contribution in [-0.4, -0.2) is 23.3 Å². The van der Waals surface area contributed by atoms with E-state index in [4.69, 9.17) is 11.6 Å². The third-order valence-corrected chi connectivity index (χ3v) is 8.81. The lowest BCUT2D eigenvalue weighted by molar-refractivity contribution is 0.103. The summed E-state index contributed by atoms with van der Waals surface area (Å²) in [6.45, 7) is 0. The lowest BCUT2D eigenvalue weighted by Gasteiger charge is -2.08. The molecule has 6 aromatic rings. The Bertz CT molecular complexity index is 2080. The van der Waals surface area contributed by atoms with Crippen molar-refractivity contribution in [2.75, 3.05) is 0 Å². The molecule has 6 nitrogen and oxygen atoms in total. The number of hydrogen-bond donors (Lipinski definition) is 0. The van der Waals surface area contributed by atoms with Crippen LogP contribution in [0.15, 0.2) is 136 Å². The summed E-state index contributed by atoms with van der Waals surface area (Å²) < 4.78 is 42.5. The number of para-hydroxylation sites is 2. The van der Waals surface area contributed by atoms with Crippen molar-refractivity contribution in [1.82, 2.24) is 9.13 Å². The van der Waals surface area contributed by atoms with Gasteiger partial charge in [0.05, 0.1) is 32.2 Å². The van der Waals surface area contributed by atoms with Gasteiger partial charge in [0.2, 0.25) is 9.84 Å². The maximum Gasteiger partial charge on any atom is 0.338 e. The number of ketones is 1. The van der Waals surface area contributed by atoms with Crippen LogP contribution in [0, 0.1) is 5.82 Å². The monoisotopic (exact) mass is 582 g/mol. The maximum absolute atomic E-state index is 13.8. The van der Waals surface area contributed by atoms with E-state index in [1.165, 1.54) is 69.8 Å². The van der Waals surface area contributed by atoms with Gasteiger partial charge in [-0.05, 0) is 109 Å². The van der Waals surface area contributed by atoms with Crippen molar-refractivity contribution in [2.45, 2.75) is 9.79 Å². The first-order valence-electron chi connectivity index (χ1n) is 12.5. The molecule has 0 aliphatic heterocycles. The van der Waals surface area contributed by atoms with Gasteiger partial charge >= 0.3 is 5.69 Å². The molecule has 0 spiro atoms. The normalized spacial score (nSPS) is 11.6. The molecule has 1 aromatic heterocycles. The van der Waals surface area contributed by atoms with Crippen molar-refractivity contribution in [3.05, 3.63) is 154 Å². The van der Waals surface area contributed by atoms with E-state index in [1.54, 1.807) is 42.5 Å². The predicted octanol–water partition coefficient (Wildman–Crippen LogP) is 6.64. The molecule has 0 amide bonds. The fraction of sp³-hybridized carbons (Fsp3) is 0. The molecule has 0 bridgehead atoms. The van der Waals surface area contributed by atoms with E-state index in [-0.39, 0.29) is 21.3 Å². The molecule has 0 aliphatic carbocycles. The number of benzene rings is 5. The van der Waals surface area contributed by atoms with Crippen molar-refractivity contribution in [1.29, 1.82) is 0 Å². The summed E-state index contributed by atoms with van der Waals surface area (Å²) in [7, 11) is -3.78. The molecule has 5 aromatic carbocycles. The summed E-state index contributed by atoms with van der Waals surface area (Å²) in [4.78, 5) is 26.8. The standard InChI is InChI=1S/C32H20ClFN2O4S/c33-23-9-17-27(18-10-23)41(39,40)28-19-15-26(16-20-28)36-30-4-2-1-3-29(30)35(32(36)38)25-13-7-22(8-14-25)31(37)21-5-11-24(34)12-6-21/h1-20H. The van der Waals surface area contributed by atoms with Crippen molar-refractivity contribution < 1.29 is 17.6 Å². The number of rotatable bonds is 6. The number of imidazole rings is 1. The van der Waals surface area contributed by atoms with Gasteiger partial charge in [-0.2, -0.15) is 0 Å². The smallest absolute Gasteiger partial charge is 0.289 e. The molecule has 0 atom stereocenters. The summed E-state index contributed by atoms with van der Waals surface area (Å²) in [5, 5.41) is 0.434. The van der Waals surface area contributed by atoms with Crippen LogP contribution in [0.4, 0.5) is 4.39 Å². The minimum Gasteiger partial charge on any atom is -0.289 e. The number of fused-ring (bicyclic) bond motifs is 1. The van der Waals surface area contributed by atoms with Crippen LogP contribution < -0.4 is 5.69 Å². The first-order valence-corrected chi connectivity index (χ1v) is 14.3. The molecule has 0 aliphatic rings. The minimum atomic E-state index is -3.78. The number of halogens is 2. The predicted molar refractivity (Wildman–Crippen MR) is 156 cm³/mol. The van der Waals surface area contributed by atoms with Gasteiger partial charge in [-0.15, -0.1) is 0 Å². The van der Waals surface area contributed by atoms with E-state index in [9.17, 15) is 22.4 Å². The molecule has 202 valence electrons. The Labute approximate surface area is 239 Å².